The normalized spacial score (nSPS) is 10.8. The first-order valence-electron chi connectivity index (χ1n) is 7.16. The molecule has 0 fully saturated rings. The van der Waals surface area contributed by atoms with Crippen molar-refractivity contribution in [1.29, 1.82) is 0 Å². The van der Waals surface area contributed by atoms with E-state index in [4.69, 9.17) is 21.5 Å². The van der Waals surface area contributed by atoms with Gasteiger partial charge in [0.1, 0.15) is 5.75 Å². The summed E-state index contributed by atoms with van der Waals surface area (Å²) in [4.78, 5) is 13.9. The highest BCUT2D eigenvalue weighted by atomic mass is 32.2. The van der Waals surface area contributed by atoms with Crippen LogP contribution in [0, 0.1) is 0 Å². The number of amides is 1. The summed E-state index contributed by atoms with van der Waals surface area (Å²) in [5, 5.41) is 3.09. The number of hydrogen-bond donors (Lipinski definition) is 3. The van der Waals surface area contributed by atoms with Gasteiger partial charge in [0.15, 0.2) is 5.11 Å². The predicted molar refractivity (Wildman–Crippen MR) is 95.5 cm³/mol. The molecule has 1 aromatic carbocycles. The van der Waals surface area contributed by atoms with Gasteiger partial charge in [-0.05, 0) is 36.3 Å². The molecular formula is C14H21N3O5S2. The van der Waals surface area contributed by atoms with Crippen molar-refractivity contribution < 1.29 is 22.5 Å². The second-order valence-corrected chi connectivity index (χ2v) is 6.43. The Labute approximate surface area is 147 Å². The second kappa shape index (κ2) is 8.81. The minimum atomic E-state index is -4.45. The van der Waals surface area contributed by atoms with Crippen LogP contribution in [0.25, 0.3) is 0 Å². The Morgan fingerprint density at radius 3 is 2.58 bits per heavy atom. The summed E-state index contributed by atoms with van der Waals surface area (Å²) in [7, 11) is -1.45. The zero-order valence-corrected chi connectivity index (χ0v) is 15.3. The molecule has 1 amide bonds. The summed E-state index contributed by atoms with van der Waals surface area (Å²) in [6.45, 7) is 2.41. The minimum absolute atomic E-state index is 0.0198. The highest BCUT2D eigenvalue weighted by Crippen LogP contribution is 2.26. The highest BCUT2D eigenvalue weighted by Gasteiger charge is 2.18. The number of hydrogen-bond acceptors (Lipinski definition) is 5. The molecule has 0 aliphatic heterocycles. The molecule has 0 unspecified atom stereocenters. The van der Waals surface area contributed by atoms with Gasteiger partial charge in [-0.3, -0.25) is 19.0 Å². The van der Waals surface area contributed by atoms with E-state index in [9.17, 15) is 13.2 Å². The molecule has 0 aromatic heterocycles. The Kier molecular flexibility index (Phi) is 7.39. The molecule has 0 spiro atoms. The topological polar surface area (TPSA) is 108 Å². The van der Waals surface area contributed by atoms with Gasteiger partial charge < -0.3 is 10.1 Å². The van der Waals surface area contributed by atoms with Crippen LogP contribution in [0.5, 0.6) is 5.75 Å². The summed E-state index contributed by atoms with van der Waals surface area (Å²) in [5.41, 5.74) is 0.593. The Hall–Kier alpha value is -1.91. The molecule has 0 saturated heterocycles. The van der Waals surface area contributed by atoms with Crippen molar-refractivity contribution in [3.05, 3.63) is 23.8 Å². The van der Waals surface area contributed by atoms with Crippen LogP contribution >= 0.6 is 12.2 Å². The number of nitrogens with one attached hydrogen (secondary N) is 2. The van der Waals surface area contributed by atoms with Crippen LogP contribution < -0.4 is 14.8 Å². The summed E-state index contributed by atoms with van der Waals surface area (Å²) < 4.78 is 37.9. The maximum absolute atomic E-state index is 12.4. The molecule has 24 heavy (non-hydrogen) atoms. The molecule has 0 saturated carbocycles. The van der Waals surface area contributed by atoms with Gasteiger partial charge in [0, 0.05) is 13.6 Å². The van der Waals surface area contributed by atoms with Crippen LogP contribution in [0.4, 0.5) is 5.69 Å². The minimum Gasteiger partial charge on any atom is -0.495 e. The van der Waals surface area contributed by atoms with Gasteiger partial charge in [0.05, 0.1) is 19.2 Å². The zero-order chi connectivity index (χ0) is 18.3. The lowest BCUT2D eigenvalue weighted by Gasteiger charge is -2.22. The van der Waals surface area contributed by atoms with Crippen LogP contribution in [0.2, 0.25) is 0 Å². The number of methoxy groups -OCH3 is 1. The molecule has 3 N–H and O–H groups in total. The van der Waals surface area contributed by atoms with Crippen molar-refractivity contribution >= 4 is 39.2 Å². The summed E-state index contributed by atoms with van der Waals surface area (Å²) in [5.74, 6) is -0.000781. The third kappa shape index (κ3) is 5.95. The monoisotopic (exact) mass is 375 g/mol. The van der Waals surface area contributed by atoms with Crippen molar-refractivity contribution in [1.82, 2.24) is 10.2 Å². The fourth-order valence-corrected chi connectivity index (χ4v) is 2.68. The smallest absolute Gasteiger partial charge is 0.357 e. The molecule has 0 heterocycles. The average molecular weight is 375 g/mol. The van der Waals surface area contributed by atoms with Gasteiger partial charge >= 0.3 is 10.3 Å². The first kappa shape index (κ1) is 20.1. The number of benzene rings is 1. The molecule has 1 aromatic rings. The van der Waals surface area contributed by atoms with E-state index in [0.29, 0.717) is 17.2 Å². The van der Waals surface area contributed by atoms with Gasteiger partial charge in [0.2, 0.25) is 5.91 Å². The Morgan fingerprint density at radius 2 is 2.08 bits per heavy atom. The van der Waals surface area contributed by atoms with Crippen molar-refractivity contribution in [2.24, 2.45) is 0 Å². The van der Waals surface area contributed by atoms with E-state index in [-0.39, 0.29) is 23.8 Å². The molecule has 0 aliphatic rings. The third-order valence-corrected chi connectivity index (χ3v) is 3.97. The first-order valence-corrected chi connectivity index (χ1v) is 9.00. The molecule has 0 bridgehead atoms. The maximum atomic E-state index is 12.4. The van der Waals surface area contributed by atoms with Gasteiger partial charge in [-0.25, -0.2) is 0 Å². The van der Waals surface area contributed by atoms with Crippen molar-refractivity contribution in [3.63, 3.8) is 0 Å². The highest BCUT2D eigenvalue weighted by molar-refractivity contribution is 7.87. The molecule has 134 valence electrons. The number of ether oxygens (including phenoxy) is 1. The lowest BCUT2D eigenvalue weighted by atomic mass is 10.1. The summed E-state index contributed by atoms with van der Waals surface area (Å²) in [6, 6.07) is 4.58. The second-order valence-electron chi connectivity index (χ2n) is 4.89. The van der Waals surface area contributed by atoms with Crippen LogP contribution in [0.1, 0.15) is 18.9 Å². The number of nitrogens with zero attached hydrogens (tertiary/aromatic N) is 1. The molecule has 0 atom stereocenters. The van der Waals surface area contributed by atoms with Gasteiger partial charge in [0.25, 0.3) is 0 Å². The number of thiocarbonyl (C=S) groups is 1. The third-order valence-electron chi connectivity index (χ3n) is 3.07. The van der Waals surface area contributed by atoms with E-state index in [2.05, 4.69) is 5.32 Å². The lowest BCUT2D eigenvalue weighted by Crippen LogP contribution is -2.43. The average Bonchev–Trinajstić information content (AvgIpc) is 2.50. The molecule has 0 radical (unpaired) electrons. The Bertz CT molecular complexity index is 706. The van der Waals surface area contributed by atoms with Gasteiger partial charge in [-0.2, -0.15) is 8.42 Å². The van der Waals surface area contributed by atoms with Gasteiger partial charge in [-0.1, -0.05) is 13.0 Å². The molecule has 1 rings (SSSR count). The first-order chi connectivity index (χ1) is 11.2. The van der Waals surface area contributed by atoms with Crippen molar-refractivity contribution in [2.75, 3.05) is 25.4 Å². The Balaban J connectivity index is 3.03. The largest absolute Gasteiger partial charge is 0.495 e. The van der Waals surface area contributed by atoms with Crippen LogP contribution in [-0.4, -0.2) is 49.6 Å². The fraction of sp³-hybridized carbons (Fsp3) is 0.429. The van der Waals surface area contributed by atoms with Crippen LogP contribution in [0.3, 0.4) is 0 Å². The maximum Gasteiger partial charge on any atom is 0.357 e. The van der Waals surface area contributed by atoms with E-state index < -0.39 is 10.3 Å². The number of carbonyl (C=O) groups excluding carboxylic acids is 1. The van der Waals surface area contributed by atoms with E-state index in [1.54, 1.807) is 13.1 Å². The standard InChI is InChI=1S/C14H21N3O5S2/c1-4-7-17(14(23)15-2)13(18)9-10-5-6-12(22-3)11(8-10)16-24(19,20)21/h5-6,8,16H,4,7,9H2,1-3H3,(H,15,23)(H,19,20,21). The number of carbonyl (C=O) groups is 1. The number of rotatable bonds is 7. The predicted octanol–water partition coefficient (Wildman–Crippen LogP) is 1.20. The van der Waals surface area contributed by atoms with E-state index in [1.807, 2.05) is 11.6 Å². The molecule has 8 nitrogen and oxygen atoms in total. The molecular weight excluding hydrogens is 354 g/mol. The SMILES string of the molecule is CCCN(C(=O)Cc1ccc(OC)c(NS(=O)(=O)O)c1)C(=S)NC. The quantitative estimate of drug-likeness (QED) is 0.485. The molecule has 0 aliphatic carbocycles. The van der Waals surface area contributed by atoms with Gasteiger partial charge in [-0.15, -0.1) is 0 Å². The van der Waals surface area contributed by atoms with Crippen molar-refractivity contribution in [3.8, 4) is 5.75 Å². The van der Waals surface area contributed by atoms with E-state index in [1.165, 1.54) is 24.1 Å². The van der Waals surface area contributed by atoms with Crippen molar-refractivity contribution in [2.45, 2.75) is 19.8 Å². The van der Waals surface area contributed by atoms with E-state index in [0.717, 1.165) is 6.42 Å². The summed E-state index contributed by atoms with van der Waals surface area (Å²) >= 11 is 5.12. The Morgan fingerprint density at radius 1 is 1.42 bits per heavy atom. The van der Waals surface area contributed by atoms with E-state index >= 15 is 0 Å². The molecule has 10 heteroatoms. The van der Waals surface area contributed by atoms with Crippen LogP contribution in [-0.2, 0) is 21.5 Å². The summed E-state index contributed by atoms with van der Waals surface area (Å²) in [6.07, 6.45) is 0.762. The number of anilines is 1. The lowest BCUT2D eigenvalue weighted by molar-refractivity contribution is -0.126. The zero-order valence-electron chi connectivity index (χ0n) is 13.7. The van der Waals surface area contributed by atoms with Crippen LogP contribution in [0.15, 0.2) is 18.2 Å². The fourth-order valence-electron chi connectivity index (χ4n) is 2.05.